The van der Waals surface area contributed by atoms with Gasteiger partial charge in [-0.1, -0.05) is 20.3 Å². The van der Waals surface area contributed by atoms with E-state index in [4.69, 9.17) is 14.2 Å². The number of rotatable bonds is 11. The normalized spacial score (nSPS) is 13.0. The Hall–Kier alpha value is -2.08. The molecule has 1 atom stereocenters. The van der Waals surface area contributed by atoms with Crippen LogP contribution in [0.2, 0.25) is 0 Å². The van der Waals surface area contributed by atoms with E-state index in [1.807, 2.05) is 20.8 Å². The van der Waals surface area contributed by atoms with Crippen LogP contribution < -0.4 is 10.1 Å². The highest BCUT2D eigenvalue weighted by atomic mass is 16.5. The van der Waals surface area contributed by atoms with Gasteiger partial charge in [0.2, 0.25) is 0 Å². The van der Waals surface area contributed by atoms with Crippen LogP contribution >= 0.6 is 0 Å². The summed E-state index contributed by atoms with van der Waals surface area (Å²) >= 11 is 0. The molecule has 0 fully saturated rings. The molecule has 6 heteroatoms. The fourth-order valence-corrected chi connectivity index (χ4v) is 2.58. The van der Waals surface area contributed by atoms with Crippen molar-refractivity contribution in [1.29, 1.82) is 0 Å². The van der Waals surface area contributed by atoms with E-state index in [1.54, 1.807) is 32.0 Å². The van der Waals surface area contributed by atoms with Crippen LogP contribution in [0, 0.1) is 0 Å². The van der Waals surface area contributed by atoms with Crippen LogP contribution in [0.1, 0.15) is 64.2 Å². The summed E-state index contributed by atoms with van der Waals surface area (Å²) < 4.78 is 16.4. The van der Waals surface area contributed by atoms with Crippen molar-refractivity contribution < 1.29 is 23.8 Å². The first-order chi connectivity index (χ1) is 12.4. The van der Waals surface area contributed by atoms with Gasteiger partial charge in [0.1, 0.15) is 16.9 Å². The molecule has 0 saturated carbocycles. The standard InChI is InChI=1S/C20H31NO5/c1-6-12-20(5,26-13-7-2)19(23)21-15-10-11-17(24-8-3)16(14-15)18(22)25-9-4/h10-11,14H,6-9,12-13H2,1-5H3,(H,21,23). The minimum atomic E-state index is -0.909. The Bertz CT molecular complexity index is 602. The van der Waals surface area contributed by atoms with Crippen LogP contribution in [0.25, 0.3) is 0 Å². The number of benzene rings is 1. The molecule has 146 valence electrons. The van der Waals surface area contributed by atoms with Crippen LogP contribution in [0.15, 0.2) is 18.2 Å². The maximum absolute atomic E-state index is 12.8. The summed E-state index contributed by atoms with van der Waals surface area (Å²) in [6.45, 7) is 10.6. The number of hydrogen-bond acceptors (Lipinski definition) is 5. The molecule has 0 bridgehead atoms. The van der Waals surface area contributed by atoms with Crippen LogP contribution in [-0.4, -0.2) is 37.3 Å². The maximum Gasteiger partial charge on any atom is 0.341 e. The molecule has 0 saturated heterocycles. The van der Waals surface area contributed by atoms with Crippen molar-refractivity contribution >= 4 is 17.6 Å². The van der Waals surface area contributed by atoms with Crippen LogP contribution in [0.4, 0.5) is 5.69 Å². The quantitative estimate of drug-likeness (QED) is 0.595. The summed E-state index contributed by atoms with van der Waals surface area (Å²) in [5, 5.41) is 2.86. The highest BCUT2D eigenvalue weighted by Crippen LogP contribution is 2.26. The van der Waals surface area contributed by atoms with Gasteiger partial charge in [-0.15, -0.1) is 0 Å². The topological polar surface area (TPSA) is 73.9 Å². The minimum Gasteiger partial charge on any atom is -0.493 e. The first-order valence-electron chi connectivity index (χ1n) is 9.31. The van der Waals surface area contributed by atoms with E-state index in [0.29, 0.717) is 31.1 Å². The van der Waals surface area contributed by atoms with Crippen molar-refractivity contribution in [3.8, 4) is 5.75 Å². The minimum absolute atomic E-state index is 0.230. The number of amides is 1. The Morgan fingerprint density at radius 3 is 2.38 bits per heavy atom. The van der Waals surface area contributed by atoms with E-state index in [9.17, 15) is 9.59 Å². The third-order valence-corrected chi connectivity index (χ3v) is 3.86. The predicted octanol–water partition coefficient (Wildman–Crippen LogP) is 4.19. The van der Waals surface area contributed by atoms with E-state index in [0.717, 1.165) is 12.8 Å². The molecule has 1 N–H and O–H groups in total. The Labute approximate surface area is 156 Å². The molecule has 0 radical (unpaired) electrons. The highest BCUT2D eigenvalue weighted by Gasteiger charge is 2.33. The second-order valence-corrected chi connectivity index (χ2v) is 6.15. The van der Waals surface area contributed by atoms with Gasteiger partial charge in [0.25, 0.3) is 5.91 Å². The highest BCUT2D eigenvalue weighted by molar-refractivity contribution is 5.99. The van der Waals surface area contributed by atoms with Gasteiger partial charge < -0.3 is 19.5 Å². The third kappa shape index (κ3) is 6.02. The molecule has 0 aliphatic heterocycles. The van der Waals surface area contributed by atoms with Crippen LogP contribution in [-0.2, 0) is 14.3 Å². The third-order valence-electron chi connectivity index (χ3n) is 3.86. The van der Waals surface area contributed by atoms with Gasteiger partial charge in [-0.3, -0.25) is 4.79 Å². The lowest BCUT2D eigenvalue weighted by Crippen LogP contribution is -2.43. The smallest absolute Gasteiger partial charge is 0.341 e. The zero-order valence-corrected chi connectivity index (χ0v) is 16.5. The molecular formula is C20H31NO5. The van der Waals surface area contributed by atoms with Crippen molar-refractivity contribution in [2.75, 3.05) is 25.1 Å². The number of carbonyl (C=O) groups excluding carboxylic acids is 2. The molecule has 0 heterocycles. The van der Waals surface area contributed by atoms with Crippen molar-refractivity contribution in [3.05, 3.63) is 23.8 Å². The van der Waals surface area contributed by atoms with Gasteiger partial charge in [0.05, 0.1) is 13.2 Å². The lowest BCUT2D eigenvalue weighted by Gasteiger charge is -2.28. The number of anilines is 1. The number of nitrogens with one attached hydrogen (secondary N) is 1. The van der Waals surface area contributed by atoms with Crippen molar-refractivity contribution in [3.63, 3.8) is 0 Å². The van der Waals surface area contributed by atoms with Gasteiger partial charge >= 0.3 is 5.97 Å². The summed E-state index contributed by atoms with van der Waals surface area (Å²) in [5.41, 5.74) is -0.116. The second kappa shape index (κ2) is 10.8. The molecule has 1 amide bonds. The zero-order valence-electron chi connectivity index (χ0n) is 16.5. The molecular weight excluding hydrogens is 334 g/mol. The number of ether oxygens (including phenoxy) is 3. The lowest BCUT2D eigenvalue weighted by atomic mass is 9.98. The average molecular weight is 365 g/mol. The molecule has 1 rings (SSSR count). The monoisotopic (exact) mass is 365 g/mol. The molecule has 0 aromatic heterocycles. The average Bonchev–Trinajstić information content (AvgIpc) is 2.61. The van der Waals surface area contributed by atoms with Gasteiger partial charge in [-0.2, -0.15) is 0 Å². The van der Waals surface area contributed by atoms with Crippen molar-refractivity contribution in [2.24, 2.45) is 0 Å². The molecule has 26 heavy (non-hydrogen) atoms. The summed E-state index contributed by atoms with van der Waals surface area (Å²) in [6, 6.07) is 4.94. The molecule has 0 aliphatic carbocycles. The summed E-state index contributed by atoms with van der Waals surface area (Å²) in [5.74, 6) is -0.278. The first kappa shape index (κ1) is 22.0. The van der Waals surface area contributed by atoms with Gasteiger partial charge in [0.15, 0.2) is 0 Å². The fourth-order valence-electron chi connectivity index (χ4n) is 2.58. The number of esters is 1. The largest absolute Gasteiger partial charge is 0.493 e. The van der Waals surface area contributed by atoms with Crippen LogP contribution in [0.3, 0.4) is 0 Å². The summed E-state index contributed by atoms with van der Waals surface area (Å²) in [7, 11) is 0. The van der Waals surface area contributed by atoms with E-state index >= 15 is 0 Å². The molecule has 1 aromatic carbocycles. The lowest BCUT2D eigenvalue weighted by molar-refractivity contribution is -0.140. The zero-order chi connectivity index (χ0) is 19.6. The van der Waals surface area contributed by atoms with E-state index < -0.39 is 11.6 Å². The van der Waals surface area contributed by atoms with Gasteiger partial charge in [-0.05, 0) is 51.8 Å². The van der Waals surface area contributed by atoms with Gasteiger partial charge in [-0.25, -0.2) is 4.79 Å². The van der Waals surface area contributed by atoms with Crippen molar-refractivity contribution in [1.82, 2.24) is 0 Å². The predicted molar refractivity (Wildman–Crippen MR) is 102 cm³/mol. The summed E-state index contributed by atoms with van der Waals surface area (Å²) in [4.78, 5) is 24.9. The molecule has 1 unspecified atom stereocenters. The maximum atomic E-state index is 12.8. The summed E-state index contributed by atoms with van der Waals surface area (Å²) in [6.07, 6.45) is 2.27. The van der Waals surface area contributed by atoms with Crippen molar-refractivity contribution in [2.45, 2.75) is 59.5 Å². The Balaban J connectivity index is 3.05. The number of hydrogen-bond donors (Lipinski definition) is 1. The Morgan fingerprint density at radius 1 is 1.08 bits per heavy atom. The van der Waals surface area contributed by atoms with E-state index in [2.05, 4.69) is 5.32 Å². The fraction of sp³-hybridized carbons (Fsp3) is 0.600. The van der Waals surface area contributed by atoms with E-state index in [-0.39, 0.29) is 18.1 Å². The number of carbonyl (C=O) groups is 2. The first-order valence-corrected chi connectivity index (χ1v) is 9.31. The molecule has 1 aromatic rings. The van der Waals surface area contributed by atoms with Crippen LogP contribution in [0.5, 0.6) is 5.75 Å². The Morgan fingerprint density at radius 2 is 1.81 bits per heavy atom. The molecule has 0 spiro atoms. The Kier molecular flexibility index (Phi) is 9.13. The molecule has 0 aliphatic rings. The van der Waals surface area contributed by atoms with E-state index in [1.165, 1.54) is 0 Å². The molecule has 6 nitrogen and oxygen atoms in total. The van der Waals surface area contributed by atoms with Gasteiger partial charge in [0, 0.05) is 12.3 Å². The SMILES string of the molecule is CCCOC(C)(CCC)C(=O)Nc1ccc(OCC)c(C(=O)OCC)c1. The second-order valence-electron chi connectivity index (χ2n) is 6.15.